The number of hydrogen-bond acceptors (Lipinski definition) is 6. The number of carbonyl (C=O) groups excluding carboxylic acids is 2. The number of benzene rings is 2. The van der Waals surface area contributed by atoms with Crippen LogP contribution in [-0.4, -0.2) is 50.2 Å². The molecule has 10 heteroatoms. The number of sulfonamides is 1. The second-order valence-corrected chi connectivity index (χ2v) is 8.47. The lowest BCUT2D eigenvalue weighted by atomic mass is 10.1. The van der Waals surface area contributed by atoms with Gasteiger partial charge in [-0.05, 0) is 49.2 Å². The van der Waals surface area contributed by atoms with Crippen molar-refractivity contribution >= 4 is 33.4 Å². The average Bonchev–Trinajstić information content (AvgIpc) is 3.31. The molecule has 4 rings (SSSR count). The van der Waals surface area contributed by atoms with Crippen LogP contribution in [0.4, 0.5) is 10.1 Å². The molecule has 2 heterocycles. The lowest BCUT2D eigenvalue weighted by Gasteiger charge is -2.24. The third-order valence-corrected chi connectivity index (χ3v) is 6.21. The van der Waals surface area contributed by atoms with E-state index < -0.39 is 40.4 Å². The zero-order valence-corrected chi connectivity index (χ0v) is 16.6. The van der Waals surface area contributed by atoms with Crippen molar-refractivity contribution < 1.29 is 27.1 Å². The number of fused-ring (bicyclic) bond motifs is 1. The van der Waals surface area contributed by atoms with E-state index in [9.17, 15) is 22.4 Å². The van der Waals surface area contributed by atoms with E-state index >= 15 is 0 Å². The van der Waals surface area contributed by atoms with Gasteiger partial charge >= 0.3 is 5.97 Å². The second-order valence-electron chi connectivity index (χ2n) is 6.90. The minimum absolute atomic E-state index is 0.109. The molecule has 30 heavy (non-hydrogen) atoms. The second kappa shape index (κ2) is 7.86. The van der Waals surface area contributed by atoms with Gasteiger partial charge in [0.05, 0.1) is 0 Å². The van der Waals surface area contributed by atoms with Crippen molar-refractivity contribution in [2.45, 2.75) is 23.8 Å². The topological polar surface area (TPSA) is 105 Å². The maximum absolute atomic E-state index is 12.9. The van der Waals surface area contributed by atoms with Crippen molar-refractivity contribution in [3.8, 4) is 0 Å². The Kier molecular flexibility index (Phi) is 5.25. The van der Waals surface area contributed by atoms with Gasteiger partial charge < -0.3 is 15.0 Å². The van der Waals surface area contributed by atoms with E-state index in [4.69, 9.17) is 4.74 Å². The summed E-state index contributed by atoms with van der Waals surface area (Å²) in [6, 6.07) is 10.9. The standard InChI is InChI=1S/C20H18FN3O5S/c21-13-7-9-14(10-8-13)22-18(25)12-29-20(26)16-5-3-11-24(16)19-15-4-1-2-6-17(15)30(27,28)23-19/h1-2,4,6-10,16H,3,5,11-12H2,(H,22,25)/t16-/m0/s1. The van der Waals surface area contributed by atoms with Crippen molar-refractivity contribution in [2.24, 2.45) is 4.40 Å². The van der Waals surface area contributed by atoms with Gasteiger partial charge in [-0.25, -0.2) is 9.18 Å². The lowest BCUT2D eigenvalue weighted by Crippen LogP contribution is -2.42. The first-order chi connectivity index (χ1) is 14.3. The Morgan fingerprint density at radius 2 is 1.90 bits per heavy atom. The molecule has 2 aliphatic rings. The van der Waals surface area contributed by atoms with E-state index in [1.807, 2.05) is 0 Å². The Labute approximate surface area is 172 Å². The Bertz CT molecular complexity index is 1130. The predicted octanol–water partition coefficient (Wildman–Crippen LogP) is 1.92. The third-order valence-electron chi connectivity index (χ3n) is 4.88. The summed E-state index contributed by atoms with van der Waals surface area (Å²) in [5, 5.41) is 2.51. The van der Waals surface area contributed by atoms with E-state index in [-0.39, 0.29) is 10.7 Å². The Hall–Kier alpha value is -3.27. The van der Waals surface area contributed by atoms with E-state index in [1.54, 1.807) is 23.1 Å². The molecule has 0 bridgehead atoms. The molecule has 0 saturated carbocycles. The molecule has 0 spiro atoms. The van der Waals surface area contributed by atoms with Crippen LogP contribution in [0.15, 0.2) is 57.8 Å². The molecule has 1 atom stereocenters. The number of amidine groups is 1. The van der Waals surface area contributed by atoms with Crippen molar-refractivity contribution in [3.05, 3.63) is 59.9 Å². The predicted molar refractivity (Wildman–Crippen MR) is 106 cm³/mol. The molecule has 1 amide bonds. The summed E-state index contributed by atoms with van der Waals surface area (Å²) in [6.45, 7) is -0.0634. The first-order valence-electron chi connectivity index (χ1n) is 9.28. The summed E-state index contributed by atoms with van der Waals surface area (Å²) < 4.78 is 46.5. The largest absolute Gasteiger partial charge is 0.454 e. The highest BCUT2D eigenvalue weighted by atomic mass is 32.2. The number of ether oxygens (including phenoxy) is 1. The van der Waals surface area contributed by atoms with Crippen LogP contribution in [0, 0.1) is 5.82 Å². The molecule has 2 aromatic carbocycles. The smallest absolute Gasteiger partial charge is 0.329 e. The molecule has 2 aromatic rings. The van der Waals surface area contributed by atoms with E-state index in [2.05, 4.69) is 9.71 Å². The lowest BCUT2D eigenvalue weighted by molar-refractivity contribution is -0.150. The molecule has 0 aliphatic carbocycles. The summed E-state index contributed by atoms with van der Waals surface area (Å²) in [5.74, 6) is -1.41. The highest BCUT2D eigenvalue weighted by Crippen LogP contribution is 2.31. The van der Waals surface area contributed by atoms with Crippen molar-refractivity contribution in [1.82, 2.24) is 4.90 Å². The number of amides is 1. The van der Waals surface area contributed by atoms with Crippen LogP contribution in [0.1, 0.15) is 18.4 Å². The minimum atomic E-state index is -3.80. The molecule has 8 nitrogen and oxygen atoms in total. The maximum Gasteiger partial charge on any atom is 0.329 e. The average molecular weight is 431 g/mol. The monoisotopic (exact) mass is 431 g/mol. The summed E-state index contributed by atoms with van der Waals surface area (Å²) >= 11 is 0. The number of likely N-dealkylation sites (tertiary alicyclic amines) is 1. The molecule has 0 unspecified atom stereocenters. The zero-order chi connectivity index (χ0) is 21.3. The van der Waals surface area contributed by atoms with Gasteiger partial charge in [-0.3, -0.25) is 4.79 Å². The van der Waals surface area contributed by atoms with E-state index in [1.165, 1.54) is 30.3 Å². The van der Waals surface area contributed by atoms with E-state index in [0.29, 0.717) is 30.6 Å². The van der Waals surface area contributed by atoms with Gasteiger partial charge in [-0.2, -0.15) is 8.42 Å². The minimum Gasteiger partial charge on any atom is -0.454 e. The van der Waals surface area contributed by atoms with Crippen LogP contribution < -0.4 is 5.32 Å². The van der Waals surface area contributed by atoms with Crippen LogP contribution in [-0.2, 0) is 24.3 Å². The third kappa shape index (κ3) is 3.90. The van der Waals surface area contributed by atoms with Gasteiger partial charge in [-0.15, -0.1) is 4.40 Å². The van der Waals surface area contributed by atoms with Crippen LogP contribution >= 0.6 is 0 Å². The summed E-state index contributed by atoms with van der Waals surface area (Å²) in [6.07, 6.45) is 1.11. The van der Waals surface area contributed by atoms with E-state index in [0.717, 1.165) is 0 Å². The molecule has 156 valence electrons. The molecule has 2 aliphatic heterocycles. The van der Waals surface area contributed by atoms with Crippen molar-refractivity contribution in [2.75, 3.05) is 18.5 Å². The molecule has 1 saturated heterocycles. The molecule has 0 radical (unpaired) electrons. The van der Waals surface area contributed by atoms with Crippen LogP contribution in [0.2, 0.25) is 0 Å². The number of halogens is 1. The summed E-state index contributed by atoms with van der Waals surface area (Å²) in [7, 11) is -3.80. The van der Waals surface area contributed by atoms with Gasteiger partial charge in [-0.1, -0.05) is 12.1 Å². The van der Waals surface area contributed by atoms with Gasteiger partial charge in [0, 0.05) is 17.8 Å². The van der Waals surface area contributed by atoms with Gasteiger partial charge in [0.1, 0.15) is 16.8 Å². The van der Waals surface area contributed by atoms with Crippen molar-refractivity contribution in [3.63, 3.8) is 0 Å². The van der Waals surface area contributed by atoms with Gasteiger partial charge in [0.25, 0.3) is 15.9 Å². The van der Waals surface area contributed by atoms with Crippen LogP contribution in [0.3, 0.4) is 0 Å². The highest BCUT2D eigenvalue weighted by molar-refractivity contribution is 7.90. The molecular formula is C20H18FN3O5S. The first kappa shape index (κ1) is 20.0. The maximum atomic E-state index is 12.9. The normalized spacial score (nSPS) is 19.2. The fourth-order valence-corrected chi connectivity index (χ4v) is 4.74. The number of anilines is 1. The summed E-state index contributed by atoms with van der Waals surface area (Å²) in [5.41, 5.74) is 0.827. The zero-order valence-electron chi connectivity index (χ0n) is 15.7. The Balaban J connectivity index is 1.42. The first-order valence-corrected chi connectivity index (χ1v) is 10.7. The number of nitrogens with zero attached hydrogens (tertiary/aromatic N) is 2. The highest BCUT2D eigenvalue weighted by Gasteiger charge is 2.40. The number of nitrogens with one attached hydrogen (secondary N) is 1. The Morgan fingerprint density at radius 1 is 1.17 bits per heavy atom. The summed E-state index contributed by atoms with van der Waals surface area (Å²) in [4.78, 5) is 26.3. The number of esters is 1. The number of carbonyl (C=O) groups is 2. The molecule has 1 N–H and O–H groups in total. The molecule has 0 aromatic heterocycles. The fraction of sp³-hybridized carbons (Fsp3) is 0.250. The fourth-order valence-electron chi connectivity index (χ4n) is 3.52. The van der Waals surface area contributed by atoms with Crippen molar-refractivity contribution in [1.29, 1.82) is 0 Å². The number of rotatable bonds is 4. The Morgan fingerprint density at radius 3 is 2.67 bits per heavy atom. The SMILES string of the molecule is O=C(COC(=O)[C@@H]1CCCN1C1=NS(=O)(=O)c2ccccc21)Nc1ccc(F)cc1. The number of hydrogen-bond donors (Lipinski definition) is 1. The van der Waals surface area contributed by atoms with Gasteiger partial charge in [0.15, 0.2) is 12.4 Å². The quantitative estimate of drug-likeness (QED) is 0.742. The molecular weight excluding hydrogens is 413 g/mol. The van der Waals surface area contributed by atoms with Crippen LogP contribution in [0.5, 0.6) is 0 Å². The van der Waals surface area contributed by atoms with Gasteiger partial charge in [0.2, 0.25) is 0 Å². The van der Waals surface area contributed by atoms with Crippen LogP contribution in [0.25, 0.3) is 0 Å². The molecule has 1 fully saturated rings.